The number of hydrogen-bond acceptors (Lipinski definition) is 0. The normalized spacial score (nSPS) is 22.0. The summed E-state index contributed by atoms with van der Waals surface area (Å²) in [5.74, 6) is 1.76. The highest BCUT2D eigenvalue weighted by atomic mass is 14.2. The van der Waals surface area contributed by atoms with Gasteiger partial charge >= 0.3 is 0 Å². The van der Waals surface area contributed by atoms with Crippen molar-refractivity contribution in [3.8, 4) is 0 Å². The van der Waals surface area contributed by atoms with Crippen molar-refractivity contribution >= 4 is 0 Å². The van der Waals surface area contributed by atoms with Gasteiger partial charge in [0.25, 0.3) is 0 Å². The SMILES string of the molecule is C=C(C)C(C)CC1CCCC1. The van der Waals surface area contributed by atoms with Crippen molar-refractivity contribution in [2.45, 2.75) is 46.0 Å². The summed E-state index contributed by atoms with van der Waals surface area (Å²) in [7, 11) is 0. The molecule has 0 radical (unpaired) electrons. The summed E-state index contributed by atoms with van der Waals surface area (Å²) in [4.78, 5) is 0. The van der Waals surface area contributed by atoms with Crippen molar-refractivity contribution in [2.24, 2.45) is 11.8 Å². The third-order valence-electron chi connectivity index (χ3n) is 3.00. The summed E-state index contributed by atoms with van der Waals surface area (Å²) in [6.45, 7) is 8.46. The van der Waals surface area contributed by atoms with Gasteiger partial charge < -0.3 is 0 Å². The molecule has 0 amide bonds. The molecule has 1 aliphatic carbocycles. The fourth-order valence-corrected chi connectivity index (χ4v) is 1.95. The molecule has 11 heavy (non-hydrogen) atoms. The molecule has 1 atom stereocenters. The zero-order valence-electron chi connectivity index (χ0n) is 7.90. The van der Waals surface area contributed by atoms with Crippen LogP contribution in [0.25, 0.3) is 0 Å². The van der Waals surface area contributed by atoms with E-state index in [-0.39, 0.29) is 0 Å². The van der Waals surface area contributed by atoms with Crippen molar-refractivity contribution in [3.63, 3.8) is 0 Å². The predicted molar refractivity (Wildman–Crippen MR) is 50.6 cm³/mol. The van der Waals surface area contributed by atoms with E-state index < -0.39 is 0 Å². The molecule has 0 bridgehead atoms. The highest BCUT2D eigenvalue weighted by Crippen LogP contribution is 2.31. The van der Waals surface area contributed by atoms with E-state index in [1.54, 1.807) is 0 Å². The lowest BCUT2D eigenvalue weighted by Gasteiger charge is -2.15. The second-order valence-corrected chi connectivity index (χ2v) is 4.13. The highest BCUT2D eigenvalue weighted by Gasteiger charge is 2.17. The molecule has 0 aromatic heterocycles. The van der Waals surface area contributed by atoms with Crippen molar-refractivity contribution in [1.82, 2.24) is 0 Å². The molecule has 0 spiro atoms. The molecule has 0 saturated heterocycles. The fraction of sp³-hybridized carbons (Fsp3) is 0.818. The molecule has 1 saturated carbocycles. The molecule has 0 aromatic rings. The average Bonchev–Trinajstić information content (AvgIpc) is 2.39. The monoisotopic (exact) mass is 152 g/mol. The van der Waals surface area contributed by atoms with E-state index in [1.807, 2.05) is 0 Å². The van der Waals surface area contributed by atoms with E-state index in [0.717, 1.165) is 11.8 Å². The second kappa shape index (κ2) is 3.94. The lowest BCUT2D eigenvalue weighted by Crippen LogP contribution is -2.03. The third-order valence-corrected chi connectivity index (χ3v) is 3.00. The largest absolute Gasteiger partial charge is 0.0999 e. The lowest BCUT2D eigenvalue weighted by molar-refractivity contribution is 0.433. The van der Waals surface area contributed by atoms with Gasteiger partial charge in [-0.2, -0.15) is 0 Å². The lowest BCUT2D eigenvalue weighted by atomic mass is 9.91. The van der Waals surface area contributed by atoms with Crippen LogP contribution in [0.2, 0.25) is 0 Å². The number of hydrogen-bond donors (Lipinski definition) is 0. The zero-order valence-corrected chi connectivity index (χ0v) is 7.90. The van der Waals surface area contributed by atoms with Gasteiger partial charge in [-0.25, -0.2) is 0 Å². The van der Waals surface area contributed by atoms with Gasteiger partial charge in [-0.1, -0.05) is 44.8 Å². The van der Waals surface area contributed by atoms with Gasteiger partial charge in [0.1, 0.15) is 0 Å². The summed E-state index contributed by atoms with van der Waals surface area (Å²) in [5, 5.41) is 0. The smallest absolute Gasteiger partial charge is 0.0234 e. The summed E-state index contributed by atoms with van der Waals surface area (Å²) in [5.41, 5.74) is 1.36. The maximum absolute atomic E-state index is 4.00. The Hall–Kier alpha value is -0.260. The molecule has 1 fully saturated rings. The minimum Gasteiger partial charge on any atom is -0.0999 e. The first kappa shape index (κ1) is 8.83. The Labute approximate surface area is 70.7 Å². The molecule has 0 nitrogen and oxygen atoms in total. The summed E-state index contributed by atoms with van der Waals surface area (Å²) >= 11 is 0. The molecule has 64 valence electrons. The van der Waals surface area contributed by atoms with Gasteiger partial charge in [-0.15, -0.1) is 0 Å². The van der Waals surface area contributed by atoms with Gasteiger partial charge in [-0.05, 0) is 25.2 Å². The van der Waals surface area contributed by atoms with Crippen LogP contribution in [0.3, 0.4) is 0 Å². The summed E-state index contributed by atoms with van der Waals surface area (Å²) in [6.07, 6.45) is 7.26. The van der Waals surface area contributed by atoms with Gasteiger partial charge in [-0.3, -0.25) is 0 Å². The van der Waals surface area contributed by atoms with Gasteiger partial charge in [0, 0.05) is 0 Å². The van der Waals surface area contributed by atoms with E-state index in [0.29, 0.717) is 0 Å². The van der Waals surface area contributed by atoms with Gasteiger partial charge in [0.05, 0.1) is 0 Å². The van der Waals surface area contributed by atoms with E-state index in [1.165, 1.54) is 37.7 Å². The highest BCUT2D eigenvalue weighted by molar-refractivity contribution is 4.94. The number of rotatable bonds is 3. The van der Waals surface area contributed by atoms with Crippen LogP contribution in [0.5, 0.6) is 0 Å². The molecule has 0 heteroatoms. The topological polar surface area (TPSA) is 0 Å². The predicted octanol–water partition coefficient (Wildman–Crippen LogP) is 3.78. The summed E-state index contributed by atoms with van der Waals surface area (Å²) in [6, 6.07) is 0. The minimum atomic E-state index is 0.748. The fourth-order valence-electron chi connectivity index (χ4n) is 1.95. The Morgan fingerprint density at radius 3 is 2.45 bits per heavy atom. The molecule has 0 aliphatic heterocycles. The average molecular weight is 152 g/mol. The Balaban J connectivity index is 2.23. The van der Waals surface area contributed by atoms with E-state index in [2.05, 4.69) is 20.4 Å². The Kier molecular flexibility index (Phi) is 3.16. The third kappa shape index (κ3) is 2.69. The zero-order chi connectivity index (χ0) is 8.27. The molecule has 1 unspecified atom stereocenters. The standard InChI is InChI=1S/C11H20/c1-9(2)10(3)8-11-6-4-5-7-11/h10-11H,1,4-8H2,2-3H3. The summed E-state index contributed by atoms with van der Waals surface area (Å²) < 4.78 is 0. The van der Waals surface area contributed by atoms with Crippen LogP contribution in [0.1, 0.15) is 46.0 Å². The molecule has 1 aliphatic rings. The number of allylic oxidation sites excluding steroid dienone is 1. The first-order valence-corrected chi connectivity index (χ1v) is 4.85. The first-order chi connectivity index (χ1) is 5.20. The first-order valence-electron chi connectivity index (χ1n) is 4.85. The van der Waals surface area contributed by atoms with Gasteiger partial charge in [0.15, 0.2) is 0 Å². The van der Waals surface area contributed by atoms with Crippen LogP contribution >= 0.6 is 0 Å². The van der Waals surface area contributed by atoms with Crippen molar-refractivity contribution in [2.75, 3.05) is 0 Å². The maximum Gasteiger partial charge on any atom is -0.0234 e. The van der Waals surface area contributed by atoms with Gasteiger partial charge in [0.2, 0.25) is 0 Å². The Bertz CT molecular complexity index is 129. The molecule has 1 rings (SSSR count). The second-order valence-electron chi connectivity index (χ2n) is 4.13. The van der Waals surface area contributed by atoms with Crippen molar-refractivity contribution in [3.05, 3.63) is 12.2 Å². The van der Waals surface area contributed by atoms with E-state index in [9.17, 15) is 0 Å². The maximum atomic E-state index is 4.00. The molecule has 0 heterocycles. The van der Waals surface area contributed by atoms with Crippen LogP contribution in [-0.4, -0.2) is 0 Å². The van der Waals surface area contributed by atoms with Crippen molar-refractivity contribution in [1.29, 1.82) is 0 Å². The van der Waals surface area contributed by atoms with Crippen molar-refractivity contribution < 1.29 is 0 Å². The van der Waals surface area contributed by atoms with E-state index >= 15 is 0 Å². The van der Waals surface area contributed by atoms with E-state index in [4.69, 9.17) is 0 Å². The van der Waals surface area contributed by atoms with Crippen LogP contribution in [0.15, 0.2) is 12.2 Å². The molecular weight excluding hydrogens is 132 g/mol. The van der Waals surface area contributed by atoms with Crippen LogP contribution < -0.4 is 0 Å². The van der Waals surface area contributed by atoms with Crippen LogP contribution in [0, 0.1) is 11.8 Å². The molecule has 0 N–H and O–H groups in total. The van der Waals surface area contributed by atoms with Crippen LogP contribution in [-0.2, 0) is 0 Å². The Morgan fingerprint density at radius 1 is 1.45 bits per heavy atom. The molecular formula is C11H20. The Morgan fingerprint density at radius 2 is 2.00 bits per heavy atom. The van der Waals surface area contributed by atoms with Crippen LogP contribution in [0.4, 0.5) is 0 Å². The quantitative estimate of drug-likeness (QED) is 0.540. The minimum absolute atomic E-state index is 0.748. The molecule has 0 aromatic carbocycles.